The molecule has 4 atom stereocenters. The van der Waals surface area contributed by atoms with Crippen molar-refractivity contribution in [1.29, 1.82) is 0 Å². The van der Waals surface area contributed by atoms with Gasteiger partial charge in [-0.05, 0) is 50.1 Å². The normalized spacial score (nSPS) is 14.5. The number of benzene rings is 1. The Morgan fingerprint density at radius 1 is 0.886 bits per heavy atom. The first-order chi connectivity index (χ1) is 16.6. The van der Waals surface area contributed by atoms with E-state index in [1.54, 1.807) is 0 Å². The highest BCUT2D eigenvalue weighted by Gasteiger charge is 2.30. The smallest absolute Gasteiger partial charge is 0.326 e. The molecule has 0 aliphatic carbocycles. The zero-order valence-corrected chi connectivity index (χ0v) is 20.4. The third kappa shape index (κ3) is 11.3. The molecule has 0 aliphatic heterocycles. The summed E-state index contributed by atoms with van der Waals surface area (Å²) in [5.74, 6) is -3.27. The van der Waals surface area contributed by atoms with Crippen LogP contribution in [0, 0.1) is 5.92 Å². The van der Waals surface area contributed by atoms with Crippen molar-refractivity contribution in [2.24, 2.45) is 17.4 Å². The Morgan fingerprint density at radius 2 is 1.46 bits per heavy atom. The molecule has 11 heteroatoms. The lowest BCUT2D eigenvalue weighted by molar-refractivity contribution is -0.143. The molecule has 0 bridgehead atoms. The summed E-state index contributed by atoms with van der Waals surface area (Å²) in [6, 6.07) is 4.74. The van der Waals surface area contributed by atoms with Gasteiger partial charge in [-0.3, -0.25) is 14.4 Å². The maximum absolute atomic E-state index is 12.9. The number of carboxylic acid groups (broad SMARTS) is 1. The molecule has 0 fully saturated rings. The topological polar surface area (TPSA) is 197 Å². The van der Waals surface area contributed by atoms with Crippen LogP contribution in [-0.2, 0) is 25.6 Å². The number of carboxylic acids is 1. The van der Waals surface area contributed by atoms with E-state index in [2.05, 4.69) is 16.0 Å². The van der Waals surface area contributed by atoms with Crippen LogP contribution in [0.1, 0.15) is 45.1 Å². The molecule has 0 aromatic heterocycles. The van der Waals surface area contributed by atoms with Crippen LogP contribution in [0.4, 0.5) is 0 Å². The van der Waals surface area contributed by atoms with Gasteiger partial charge in [-0.1, -0.05) is 44.2 Å². The number of unbranched alkanes of at least 4 members (excludes halogenated alkanes) is 1. The van der Waals surface area contributed by atoms with Crippen molar-refractivity contribution < 1.29 is 29.4 Å². The van der Waals surface area contributed by atoms with E-state index >= 15 is 0 Å². The second kappa shape index (κ2) is 15.8. The maximum atomic E-state index is 12.9. The van der Waals surface area contributed by atoms with Crippen molar-refractivity contribution >= 4 is 23.7 Å². The molecule has 1 aromatic carbocycles. The van der Waals surface area contributed by atoms with E-state index in [1.165, 1.54) is 0 Å². The van der Waals surface area contributed by atoms with Gasteiger partial charge in [-0.15, -0.1) is 0 Å². The highest BCUT2D eigenvalue weighted by atomic mass is 16.4. The molecule has 35 heavy (non-hydrogen) atoms. The SMILES string of the molecule is CC(C)CC(NC(=O)C(CO)NC(=O)C(CCCCN)NC(=O)C(N)Cc1ccccc1)C(=O)O. The van der Waals surface area contributed by atoms with E-state index in [0.717, 1.165) is 5.56 Å². The van der Waals surface area contributed by atoms with Gasteiger partial charge in [0.05, 0.1) is 12.6 Å². The largest absolute Gasteiger partial charge is 0.480 e. The molecule has 11 nitrogen and oxygen atoms in total. The van der Waals surface area contributed by atoms with Gasteiger partial charge >= 0.3 is 5.97 Å². The molecule has 0 radical (unpaired) electrons. The summed E-state index contributed by atoms with van der Waals surface area (Å²) in [6.45, 7) is 3.28. The van der Waals surface area contributed by atoms with Crippen LogP contribution in [0.5, 0.6) is 0 Å². The van der Waals surface area contributed by atoms with Crippen molar-refractivity contribution in [3.63, 3.8) is 0 Å². The van der Waals surface area contributed by atoms with Crippen molar-refractivity contribution in [1.82, 2.24) is 16.0 Å². The van der Waals surface area contributed by atoms with Crippen molar-refractivity contribution in [2.75, 3.05) is 13.2 Å². The molecular weight excluding hydrogens is 454 g/mol. The first kappa shape index (κ1) is 30.0. The highest BCUT2D eigenvalue weighted by molar-refractivity contribution is 5.94. The third-order valence-electron chi connectivity index (χ3n) is 5.35. The van der Waals surface area contributed by atoms with Gasteiger partial charge in [0, 0.05) is 0 Å². The minimum atomic E-state index is -1.39. The Bertz CT molecular complexity index is 820. The first-order valence-electron chi connectivity index (χ1n) is 11.8. The minimum absolute atomic E-state index is 0.000741. The predicted molar refractivity (Wildman–Crippen MR) is 131 cm³/mol. The fraction of sp³-hybridized carbons (Fsp3) is 0.583. The van der Waals surface area contributed by atoms with Crippen LogP contribution in [0.15, 0.2) is 30.3 Å². The second-order valence-electron chi connectivity index (χ2n) is 8.91. The molecule has 0 saturated carbocycles. The zero-order chi connectivity index (χ0) is 26.4. The maximum Gasteiger partial charge on any atom is 0.326 e. The van der Waals surface area contributed by atoms with E-state index < -0.39 is 54.5 Å². The second-order valence-corrected chi connectivity index (χ2v) is 8.91. The van der Waals surface area contributed by atoms with Crippen LogP contribution in [0.3, 0.4) is 0 Å². The Morgan fingerprint density at radius 3 is 2.00 bits per heavy atom. The van der Waals surface area contributed by atoms with Gasteiger partial charge in [0.2, 0.25) is 17.7 Å². The van der Waals surface area contributed by atoms with Crippen LogP contribution >= 0.6 is 0 Å². The Kier molecular flexibility index (Phi) is 13.5. The van der Waals surface area contributed by atoms with E-state index in [1.807, 2.05) is 44.2 Å². The third-order valence-corrected chi connectivity index (χ3v) is 5.35. The monoisotopic (exact) mass is 493 g/mol. The van der Waals surface area contributed by atoms with Crippen molar-refractivity contribution in [3.8, 4) is 0 Å². The first-order valence-corrected chi connectivity index (χ1v) is 11.8. The molecule has 9 N–H and O–H groups in total. The number of aliphatic hydroxyl groups excluding tert-OH is 1. The Balaban J connectivity index is 2.84. The number of nitrogens with one attached hydrogen (secondary N) is 3. The van der Waals surface area contributed by atoms with Crippen LogP contribution < -0.4 is 27.4 Å². The number of carbonyl (C=O) groups is 4. The molecule has 3 amide bonds. The standard InChI is InChI=1S/C24H39N5O6/c1-15(2)12-19(24(34)35)28-23(33)20(14-30)29-22(32)18(10-6-7-11-25)27-21(31)17(26)13-16-8-4-3-5-9-16/h3-5,8-9,15,17-20,30H,6-7,10-14,25-26H2,1-2H3,(H,27,31)(H,28,33)(H,29,32)(H,34,35). The molecule has 1 aromatic rings. The van der Waals surface area contributed by atoms with Crippen molar-refractivity contribution in [2.45, 2.75) is 70.1 Å². The van der Waals surface area contributed by atoms with Crippen LogP contribution in [0.25, 0.3) is 0 Å². The molecule has 0 heterocycles. The zero-order valence-electron chi connectivity index (χ0n) is 20.4. The number of carbonyl (C=O) groups excluding carboxylic acids is 3. The van der Waals surface area contributed by atoms with Gasteiger partial charge in [-0.25, -0.2) is 4.79 Å². The number of aliphatic carboxylic acids is 1. The Labute approximate surface area is 206 Å². The molecule has 196 valence electrons. The average molecular weight is 494 g/mol. The summed E-state index contributed by atoms with van der Waals surface area (Å²) in [7, 11) is 0. The van der Waals surface area contributed by atoms with Crippen LogP contribution in [0.2, 0.25) is 0 Å². The molecule has 0 spiro atoms. The molecule has 0 saturated heterocycles. The number of aliphatic hydroxyl groups is 1. The van der Waals surface area contributed by atoms with E-state index in [9.17, 15) is 29.4 Å². The summed E-state index contributed by atoms with van der Waals surface area (Å²) in [5.41, 5.74) is 12.4. The summed E-state index contributed by atoms with van der Waals surface area (Å²) >= 11 is 0. The summed E-state index contributed by atoms with van der Waals surface area (Å²) in [6.07, 6.45) is 1.86. The fourth-order valence-corrected chi connectivity index (χ4v) is 3.43. The minimum Gasteiger partial charge on any atom is -0.480 e. The Hall–Kier alpha value is -3.02. The summed E-state index contributed by atoms with van der Waals surface area (Å²) in [5, 5.41) is 26.4. The van der Waals surface area contributed by atoms with Gasteiger partial charge in [0.1, 0.15) is 18.1 Å². The predicted octanol–water partition coefficient (Wildman–Crippen LogP) is -0.737. The summed E-state index contributed by atoms with van der Waals surface area (Å²) in [4.78, 5) is 49.6. The molecule has 0 aliphatic rings. The fourth-order valence-electron chi connectivity index (χ4n) is 3.43. The number of amides is 3. The van der Waals surface area contributed by atoms with Gasteiger partial charge in [-0.2, -0.15) is 0 Å². The molecule has 4 unspecified atom stereocenters. The number of hydrogen-bond donors (Lipinski definition) is 7. The highest BCUT2D eigenvalue weighted by Crippen LogP contribution is 2.07. The van der Waals surface area contributed by atoms with E-state index in [-0.39, 0.29) is 25.2 Å². The number of nitrogens with two attached hydrogens (primary N) is 2. The molecular formula is C24H39N5O6. The van der Waals surface area contributed by atoms with Crippen LogP contribution in [-0.4, -0.2) is 71.2 Å². The van der Waals surface area contributed by atoms with Gasteiger partial charge in [0.15, 0.2) is 0 Å². The molecule has 1 rings (SSSR count). The quantitative estimate of drug-likeness (QED) is 0.146. The van der Waals surface area contributed by atoms with E-state index in [4.69, 9.17) is 11.5 Å². The number of hydrogen-bond acceptors (Lipinski definition) is 7. The van der Waals surface area contributed by atoms with Crippen molar-refractivity contribution in [3.05, 3.63) is 35.9 Å². The summed E-state index contributed by atoms with van der Waals surface area (Å²) < 4.78 is 0. The lowest BCUT2D eigenvalue weighted by atomic mass is 10.0. The lowest BCUT2D eigenvalue weighted by Crippen LogP contribution is -2.58. The van der Waals surface area contributed by atoms with Gasteiger partial charge < -0.3 is 37.6 Å². The number of rotatable bonds is 16. The lowest BCUT2D eigenvalue weighted by Gasteiger charge is -2.24. The average Bonchev–Trinajstić information content (AvgIpc) is 2.81. The van der Waals surface area contributed by atoms with Gasteiger partial charge in [0.25, 0.3) is 0 Å². The van der Waals surface area contributed by atoms with E-state index in [0.29, 0.717) is 19.4 Å².